The van der Waals surface area contributed by atoms with Crippen LogP contribution in [0.4, 0.5) is 0 Å². The van der Waals surface area contributed by atoms with Crippen molar-refractivity contribution in [1.82, 2.24) is 5.32 Å². The lowest BCUT2D eigenvalue weighted by Crippen LogP contribution is -2.13. The van der Waals surface area contributed by atoms with Gasteiger partial charge in [-0.25, -0.2) is 0 Å². The van der Waals surface area contributed by atoms with E-state index in [4.69, 9.17) is 0 Å². The molecule has 0 aliphatic carbocycles. The molecule has 1 saturated heterocycles. The van der Waals surface area contributed by atoms with E-state index in [-0.39, 0.29) is 0 Å². The minimum absolute atomic E-state index is 1.14. The zero-order chi connectivity index (χ0) is 4.95. The molecule has 40 valence electrons. The van der Waals surface area contributed by atoms with E-state index in [0.717, 1.165) is 13.0 Å². The van der Waals surface area contributed by atoms with E-state index in [9.17, 15) is 0 Å². The standard InChI is InChI=1S/C6H11N/c1-2-4-6-7-5-3-1/h7H,1,3-6H2. The van der Waals surface area contributed by atoms with Gasteiger partial charge in [0, 0.05) is 0 Å². The summed E-state index contributed by atoms with van der Waals surface area (Å²) in [5.74, 6) is 0. The van der Waals surface area contributed by atoms with Crippen LogP contribution in [-0.4, -0.2) is 13.1 Å². The van der Waals surface area contributed by atoms with Gasteiger partial charge in [0.2, 0.25) is 0 Å². The first-order valence-electron chi connectivity index (χ1n) is 2.91. The summed E-state index contributed by atoms with van der Waals surface area (Å²) in [6.07, 6.45) is 6.89. The molecule has 1 aliphatic heterocycles. The van der Waals surface area contributed by atoms with Gasteiger partial charge in [0.05, 0.1) is 0 Å². The van der Waals surface area contributed by atoms with Crippen molar-refractivity contribution >= 4 is 0 Å². The molecule has 1 heterocycles. The van der Waals surface area contributed by atoms with E-state index in [1.54, 1.807) is 0 Å². The Morgan fingerprint density at radius 2 is 2.14 bits per heavy atom. The second-order valence-corrected chi connectivity index (χ2v) is 1.85. The summed E-state index contributed by atoms with van der Waals surface area (Å²) in [4.78, 5) is 0. The first kappa shape index (κ1) is 5.10. The van der Waals surface area contributed by atoms with Crippen LogP contribution in [0, 0.1) is 6.42 Å². The Bertz CT molecular complexity index is 23.8. The van der Waals surface area contributed by atoms with Crippen LogP contribution in [0.3, 0.4) is 0 Å². The zero-order valence-corrected chi connectivity index (χ0v) is 4.54. The molecular formula is C6H11N. The third kappa shape index (κ3) is 1.93. The van der Waals surface area contributed by atoms with Crippen molar-refractivity contribution in [3.63, 3.8) is 0 Å². The Morgan fingerprint density at radius 1 is 1.14 bits per heavy atom. The molecule has 1 N–H and O–H groups in total. The van der Waals surface area contributed by atoms with Crippen LogP contribution < -0.4 is 5.32 Å². The van der Waals surface area contributed by atoms with Gasteiger partial charge >= 0.3 is 0 Å². The highest BCUT2D eigenvalue weighted by atomic mass is 14.8. The molecule has 2 radical (unpaired) electrons. The Hall–Kier alpha value is -0.0400. The molecule has 1 rings (SSSR count). The first-order chi connectivity index (χ1) is 3.50. The number of hydrogen-bond acceptors (Lipinski definition) is 1. The van der Waals surface area contributed by atoms with Crippen LogP contribution in [0.2, 0.25) is 0 Å². The van der Waals surface area contributed by atoms with Crippen molar-refractivity contribution in [3.05, 3.63) is 6.42 Å². The maximum atomic E-state index is 3.28. The van der Waals surface area contributed by atoms with Crippen molar-refractivity contribution < 1.29 is 0 Å². The molecule has 1 heteroatoms. The summed E-state index contributed by atoms with van der Waals surface area (Å²) < 4.78 is 0. The fourth-order valence-electron chi connectivity index (χ4n) is 0.765. The summed E-state index contributed by atoms with van der Waals surface area (Å²) in [6, 6.07) is 0. The molecular weight excluding hydrogens is 86.1 g/mol. The molecule has 0 amide bonds. The predicted octanol–water partition coefficient (Wildman–Crippen LogP) is 0.841. The fourth-order valence-corrected chi connectivity index (χ4v) is 0.765. The third-order valence-corrected chi connectivity index (χ3v) is 1.19. The van der Waals surface area contributed by atoms with Gasteiger partial charge in [0.25, 0.3) is 0 Å². The van der Waals surface area contributed by atoms with Crippen LogP contribution in [0.1, 0.15) is 19.3 Å². The van der Waals surface area contributed by atoms with Gasteiger partial charge in [-0.15, -0.1) is 0 Å². The predicted molar refractivity (Wildman–Crippen MR) is 30.0 cm³/mol. The zero-order valence-electron chi connectivity index (χ0n) is 4.54. The number of rotatable bonds is 0. The Balaban J connectivity index is 2.04. The summed E-state index contributed by atoms with van der Waals surface area (Å²) in [5.41, 5.74) is 0. The topological polar surface area (TPSA) is 12.0 Å². The SMILES string of the molecule is [C]1CCCNCC1. The highest BCUT2D eigenvalue weighted by molar-refractivity contribution is 4.70. The van der Waals surface area contributed by atoms with Gasteiger partial charge in [-0.3, -0.25) is 0 Å². The average Bonchev–Trinajstić information content (AvgIpc) is 1.90. The van der Waals surface area contributed by atoms with Crippen LogP contribution in [0.25, 0.3) is 0 Å². The summed E-state index contributed by atoms with van der Waals surface area (Å²) in [6.45, 7) is 2.33. The largest absolute Gasteiger partial charge is 0.317 e. The Morgan fingerprint density at radius 3 is 3.14 bits per heavy atom. The van der Waals surface area contributed by atoms with E-state index in [1.165, 1.54) is 19.4 Å². The molecule has 0 aromatic heterocycles. The van der Waals surface area contributed by atoms with Crippen LogP contribution in [0.15, 0.2) is 0 Å². The van der Waals surface area contributed by atoms with Crippen LogP contribution in [-0.2, 0) is 0 Å². The first-order valence-corrected chi connectivity index (χ1v) is 2.91. The summed E-state index contributed by atoms with van der Waals surface area (Å²) in [7, 11) is 0. The second-order valence-electron chi connectivity index (χ2n) is 1.85. The molecule has 0 atom stereocenters. The maximum Gasteiger partial charge on any atom is -0.00432 e. The lowest BCUT2D eigenvalue weighted by Gasteiger charge is -1.91. The quantitative estimate of drug-likeness (QED) is 0.472. The maximum absolute atomic E-state index is 3.28. The lowest BCUT2D eigenvalue weighted by atomic mass is 10.2. The smallest absolute Gasteiger partial charge is 0.00432 e. The van der Waals surface area contributed by atoms with E-state index >= 15 is 0 Å². The van der Waals surface area contributed by atoms with Gasteiger partial charge in [0.15, 0.2) is 0 Å². The van der Waals surface area contributed by atoms with Crippen molar-refractivity contribution in [1.29, 1.82) is 0 Å². The number of nitrogens with one attached hydrogen (secondary N) is 1. The highest BCUT2D eigenvalue weighted by Gasteiger charge is 1.94. The minimum Gasteiger partial charge on any atom is -0.317 e. The Kier molecular flexibility index (Phi) is 2.21. The monoisotopic (exact) mass is 97.1 g/mol. The molecule has 7 heavy (non-hydrogen) atoms. The van der Waals surface area contributed by atoms with Crippen molar-refractivity contribution in [2.24, 2.45) is 0 Å². The van der Waals surface area contributed by atoms with Gasteiger partial charge < -0.3 is 5.32 Å². The van der Waals surface area contributed by atoms with Crippen LogP contribution in [0.5, 0.6) is 0 Å². The average molecular weight is 97.2 g/mol. The molecule has 0 aromatic carbocycles. The van der Waals surface area contributed by atoms with Crippen LogP contribution >= 0.6 is 0 Å². The van der Waals surface area contributed by atoms with Gasteiger partial charge in [-0.05, 0) is 38.8 Å². The fraction of sp³-hybridized carbons (Fsp3) is 0.833. The molecule has 1 nitrogen and oxygen atoms in total. The third-order valence-electron chi connectivity index (χ3n) is 1.19. The van der Waals surface area contributed by atoms with Gasteiger partial charge in [0.1, 0.15) is 0 Å². The second kappa shape index (κ2) is 3.03. The molecule has 1 fully saturated rings. The van der Waals surface area contributed by atoms with E-state index < -0.39 is 0 Å². The van der Waals surface area contributed by atoms with Gasteiger partial charge in [-0.1, -0.05) is 0 Å². The van der Waals surface area contributed by atoms with E-state index in [1.807, 2.05) is 0 Å². The van der Waals surface area contributed by atoms with Crippen molar-refractivity contribution in [2.75, 3.05) is 13.1 Å². The van der Waals surface area contributed by atoms with Gasteiger partial charge in [-0.2, -0.15) is 0 Å². The molecule has 0 spiro atoms. The molecule has 0 aromatic rings. The highest BCUT2D eigenvalue weighted by Crippen LogP contribution is 1.99. The normalized spacial score (nSPS) is 24.0. The van der Waals surface area contributed by atoms with Crippen molar-refractivity contribution in [3.8, 4) is 0 Å². The summed E-state index contributed by atoms with van der Waals surface area (Å²) in [5, 5.41) is 3.28. The van der Waals surface area contributed by atoms with E-state index in [2.05, 4.69) is 11.7 Å². The summed E-state index contributed by atoms with van der Waals surface area (Å²) >= 11 is 0. The molecule has 0 bridgehead atoms. The lowest BCUT2D eigenvalue weighted by molar-refractivity contribution is 0.703. The molecule has 1 aliphatic rings. The molecule has 0 saturated carbocycles. The Labute approximate surface area is 45.1 Å². The molecule has 0 unspecified atom stereocenters. The minimum atomic E-state index is 1.14. The van der Waals surface area contributed by atoms with E-state index in [0.29, 0.717) is 0 Å². The van der Waals surface area contributed by atoms with Crippen molar-refractivity contribution in [2.45, 2.75) is 19.3 Å². The number of hydrogen-bond donors (Lipinski definition) is 1.